The molecule has 1 aliphatic carbocycles. The third-order valence-corrected chi connectivity index (χ3v) is 4.18. The van der Waals surface area contributed by atoms with E-state index in [1.165, 1.54) is 0 Å². The Hall–Kier alpha value is -2.37. The quantitative estimate of drug-likeness (QED) is 0.716. The third-order valence-electron chi connectivity index (χ3n) is 4.18. The van der Waals surface area contributed by atoms with Crippen molar-refractivity contribution in [3.63, 3.8) is 0 Å². The molecule has 0 aliphatic heterocycles. The van der Waals surface area contributed by atoms with Gasteiger partial charge in [0.25, 0.3) is 0 Å². The molecule has 22 heavy (non-hydrogen) atoms. The van der Waals surface area contributed by atoms with Crippen LogP contribution in [0, 0.1) is 0 Å². The Bertz CT molecular complexity index is 821. The largest absolute Gasteiger partial charge is 0.416 e. The van der Waals surface area contributed by atoms with E-state index in [0.29, 0.717) is 5.92 Å². The van der Waals surface area contributed by atoms with E-state index in [2.05, 4.69) is 10.1 Å². The second-order valence-electron chi connectivity index (χ2n) is 5.55. The Morgan fingerprint density at radius 2 is 1.77 bits per heavy atom. The zero-order valence-corrected chi connectivity index (χ0v) is 11.5. The molecule has 4 rings (SSSR count). The zero-order chi connectivity index (χ0) is 15.3. The Labute approximate surface area is 124 Å². The van der Waals surface area contributed by atoms with Crippen LogP contribution in [0.5, 0.6) is 0 Å². The van der Waals surface area contributed by atoms with Crippen molar-refractivity contribution in [3.8, 4) is 0 Å². The van der Waals surface area contributed by atoms with Crippen LogP contribution in [0.2, 0.25) is 0 Å². The highest BCUT2D eigenvalue weighted by molar-refractivity contribution is 5.52. The molecule has 0 radical (unpaired) electrons. The van der Waals surface area contributed by atoms with Gasteiger partial charge in [0.15, 0.2) is 5.65 Å². The van der Waals surface area contributed by atoms with Crippen LogP contribution in [-0.4, -0.2) is 14.6 Å². The first-order valence-electron chi connectivity index (χ1n) is 6.99. The SMILES string of the molecule is FC(F)(F)c1ccc([C@H]2C[C@@H]2c2ccnn3ccnc23)cc1. The lowest BCUT2D eigenvalue weighted by Gasteiger charge is -2.07. The van der Waals surface area contributed by atoms with Gasteiger partial charge in [0.05, 0.1) is 5.56 Å². The second-order valence-corrected chi connectivity index (χ2v) is 5.55. The molecular formula is C16H12F3N3. The van der Waals surface area contributed by atoms with E-state index in [1.54, 1.807) is 35.2 Å². The van der Waals surface area contributed by atoms with Crippen molar-refractivity contribution in [1.29, 1.82) is 0 Å². The molecule has 0 unspecified atom stereocenters. The van der Waals surface area contributed by atoms with Crippen molar-refractivity contribution in [2.24, 2.45) is 0 Å². The van der Waals surface area contributed by atoms with Gasteiger partial charge in [-0.3, -0.25) is 0 Å². The predicted molar refractivity (Wildman–Crippen MR) is 74.5 cm³/mol. The fourth-order valence-corrected chi connectivity index (χ4v) is 2.97. The Morgan fingerprint density at radius 1 is 1.00 bits per heavy atom. The van der Waals surface area contributed by atoms with Crippen LogP contribution in [0.4, 0.5) is 13.2 Å². The van der Waals surface area contributed by atoms with Crippen LogP contribution in [0.3, 0.4) is 0 Å². The van der Waals surface area contributed by atoms with Crippen LogP contribution < -0.4 is 0 Å². The maximum atomic E-state index is 12.6. The Balaban J connectivity index is 1.61. The van der Waals surface area contributed by atoms with Crippen molar-refractivity contribution in [2.45, 2.75) is 24.4 Å². The summed E-state index contributed by atoms with van der Waals surface area (Å²) in [5, 5.41) is 4.18. The third kappa shape index (κ3) is 2.15. The van der Waals surface area contributed by atoms with E-state index in [4.69, 9.17) is 0 Å². The first kappa shape index (κ1) is 13.3. The number of alkyl halides is 3. The van der Waals surface area contributed by atoms with Crippen molar-refractivity contribution >= 4 is 5.65 Å². The first-order valence-corrected chi connectivity index (χ1v) is 6.99. The number of fused-ring (bicyclic) bond motifs is 1. The standard InChI is InChI=1S/C16H12F3N3/c17-16(18,19)11-3-1-10(2-4-11)13-9-14(13)12-5-6-21-22-8-7-20-15(12)22/h1-8,13-14H,9H2/t13-,14-/m1/s1. The van der Waals surface area contributed by atoms with E-state index < -0.39 is 11.7 Å². The molecule has 0 amide bonds. The van der Waals surface area contributed by atoms with Crippen LogP contribution in [-0.2, 0) is 6.18 Å². The fraction of sp³-hybridized carbons (Fsp3) is 0.250. The van der Waals surface area contributed by atoms with E-state index in [-0.39, 0.29) is 5.92 Å². The highest BCUT2D eigenvalue weighted by Gasteiger charge is 2.41. The van der Waals surface area contributed by atoms with Gasteiger partial charge in [-0.05, 0) is 42.0 Å². The average Bonchev–Trinajstić information content (AvgIpc) is 3.14. The predicted octanol–water partition coefficient (Wildman–Crippen LogP) is 4.02. The van der Waals surface area contributed by atoms with Crippen molar-refractivity contribution in [2.75, 3.05) is 0 Å². The van der Waals surface area contributed by atoms with Gasteiger partial charge in [0.2, 0.25) is 0 Å². The average molecular weight is 303 g/mol. The van der Waals surface area contributed by atoms with Crippen LogP contribution in [0.15, 0.2) is 48.9 Å². The maximum Gasteiger partial charge on any atom is 0.416 e. The fourth-order valence-electron chi connectivity index (χ4n) is 2.97. The summed E-state index contributed by atoms with van der Waals surface area (Å²) in [6.07, 6.45) is 1.86. The first-order chi connectivity index (χ1) is 10.5. The summed E-state index contributed by atoms with van der Waals surface area (Å²) < 4.78 is 39.5. The van der Waals surface area contributed by atoms with Crippen LogP contribution >= 0.6 is 0 Å². The van der Waals surface area contributed by atoms with Gasteiger partial charge in [0.1, 0.15) is 0 Å². The number of rotatable bonds is 2. The van der Waals surface area contributed by atoms with Gasteiger partial charge in [-0.25, -0.2) is 9.50 Å². The lowest BCUT2D eigenvalue weighted by atomic mass is 10.0. The molecule has 0 saturated heterocycles. The Kier molecular flexibility index (Phi) is 2.76. The monoisotopic (exact) mass is 303 g/mol. The molecule has 1 saturated carbocycles. The summed E-state index contributed by atoms with van der Waals surface area (Å²) in [4.78, 5) is 4.31. The van der Waals surface area contributed by atoms with E-state index in [9.17, 15) is 13.2 Å². The molecule has 0 bridgehead atoms. The zero-order valence-electron chi connectivity index (χ0n) is 11.5. The van der Waals surface area contributed by atoms with Crippen LogP contribution in [0.25, 0.3) is 5.65 Å². The lowest BCUT2D eigenvalue weighted by molar-refractivity contribution is -0.137. The minimum absolute atomic E-state index is 0.255. The van der Waals surface area contributed by atoms with Gasteiger partial charge >= 0.3 is 6.18 Å². The summed E-state index contributed by atoms with van der Waals surface area (Å²) in [5.41, 5.74) is 2.26. The highest BCUT2D eigenvalue weighted by atomic mass is 19.4. The molecular weight excluding hydrogens is 291 g/mol. The number of imidazole rings is 1. The number of nitrogens with zero attached hydrogens (tertiary/aromatic N) is 3. The van der Waals surface area contributed by atoms with Gasteiger partial charge in [-0.15, -0.1) is 0 Å². The minimum Gasteiger partial charge on any atom is -0.235 e. The molecule has 6 heteroatoms. The summed E-state index contributed by atoms with van der Waals surface area (Å²) >= 11 is 0. The Morgan fingerprint density at radius 3 is 2.50 bits per heavy atom. The van der Waals surface area contributed by atoms with Gasteiger partial charge in [-0.1, -0.05) is 12.1 Å². The second kappa shape index (κ2) is 4.56. The molecule has 1 fully saturated rings. The molecule has 2 aromatic heterocycles. The number of hydrogen-bond acceptors (Lipinski definition) is 2. The molecule has 2 heterocycles. The number of halogens is 3. The number of aromatic nitrogens is 3. The molecule has 3 aromatic rings. The molecule has 2 atom stereocenters. The maximum absolute atomic E-state index is 12.6. The molecule has 3 nitrogen and oxygen atoms in total. The molecule has 112 valence electrons. The van der Waals surface area contributed by atoms with Crippen molar-refractivity contribution in [1.82, 2.24) is 14.6 Å². The van der Waals surface area contributed by atoms with Crippen molar-refractivity contribution < 1.29 is 13.2 Å². The minimum atomic E-state index is -4.28. The number of hydrogen-bond donors (Lipinski definition) is 0. The number of benzene rings is 1. The van der Waals surface area contributed by atoms with E-state index in [1.807, 2.05) is 6.07 Å². The van der Waals surface area contributed by atoms with Gasteiger partial charge in [-0.2, -0.15) is 18.3 Å². The summed E-state index contributed by atoms with van der Waals surface area (Å²) in [6.45, 7) is 0. The lowest BCUT2D eigenvalue weighted by Crippen LogP contribution is -2.04. The topological polar surface area (TPSA) is 30.2 Å². The summed E-state index contributed by atoms with van der Waals surface area (Å²) in [6, 6.07) is 7.41. The molecule has 0 N–H and O–H groups in total. The molecule has 1 aliphatic rings. The van der Waals surface area contributed by atoms with Crippen molar-refractivity contribution in [3.05, 3.63) is 65.6 Å². The normalized spacial score (nSPS) is 21.2. The highest BCUT2D eigenvalue weighted by Crippen LogP contribution is 2.55. The smallest absolute Gasteiger partial charge is 0.235 e. The van der Waals surface area contributed by atoms with Gasteiger partial charge < -0.3 is 0 Å². The molecule has 0 spiro atoms. The molecule has 1 aromatic carbocycles. The summed E-state index contributed by atoms with van der Waals surface area (Å²) in [7, 11) is 0. The van der Waals surface area contributed by atoms with Gasteiger partial charge in [0, 0.05) is 24.2 Å². The summed E-state index contributed by atoms with van der Waals surface area (Å²) in [5.74, 6) is 0.551. The van der Waals surface area contributed by atoms with E-state index in [0.717, 1.165) is 35.3 Å². The van der Waals surface area contributed by atoms with E-state index >= 15 is 0 Å². The van der Waals surface area contributed by atoms with Crippen LogP contribution in [0.1, 0.15) is 34.9 Å².